The molecular formula is C13H18O4. The molecule has 1 N–H and O–H groups in total. The van der Waals surface area contributed by atoms with E-state index in [0.717, 1.165) is 5.56 Å². The van der Waals surface area contributed by atoms with Crippen LogP contribution in [0.4, 0.5) is 0 Å². The van der Waals surface area contributed by atoms with Crippen molar-refractivity contribution in [1.29, 1.82) is 0 Å². The van der Waals surface area contributed by atoms with Crippen LogP contribution in [0.1, 0.15) is 31.7 Å². The number of para-hydroxylation sites is 1. The molecule has 0 radical (unpaired) electrons. The summed E-state index contributed by atoms with van der Waals surface area (Å²) in [5.41, 5.74) is 0.862. The van der Waals surface area contributed by atoms with Gasteiger partial charge in [0.2, 0.25) is 0 Å². The normalized spacial score (nSPS) is 11.9. The smallest absolute Gasteiger partial charge is 0.303 e. The number of rotatable bonds is 6. The molecule has 0 spiro atoms. The molecule has 94 valence electrons. The van der Waals surface area contributed by atoms with Crippen LogP contribution in [0.15, 0.2) is 18.2 Å². The molecule has 0 aliphatic rings. The first-order valence-electron chi connectivity index (χ1n) is 5.61. The van der Waals surface area contributed by atoms with Crippen LogP contribution < -0.4 is 9.47 Å². The molecule has 0 aliphatic heterocycles. The van der Waals surface area contributed by atoms with E-state index in [9.17, 15) is 4.79 Å². The van der Waals surface area contributed by atoms with E-state index in [2.05, 4.69) is 0 Å². The van der Waals surface area contributed by atoms with E-state index in [1.807, 2.05) is 32.0 Å². The molecule has 0 aromatic heterocycles. The Balaban J connectivity index is 3.05. The molecule has 17 heavy (non-hydrogen) atoms. The predicted octanol–water partition coefficient (Wildman–Crippen LogP) is 2.67. The third-order valence-corrected chi connectivity index (χ3v) is 2.53. The summed E-state index contributed by atoms with van der Waals surface area (Å²) in [5, 5.41) is 8.81. The highest BCUT2D eigenvalue weighted by Crippen LogP contribution is 2.36. The Hall–Kier alpha value is -1.71. The first-order valence-corrected chi connectivity index (χ1v) is 5.61. The van der Waals surface area contributed by atoms with Crippen molar-refractivity contribution in [2.75, 3.05) is 13.7 Å². The van der Waals surface area contributed by atoms with Gasteiger partial charge in [0, 0.05) is 5.56 Å². The second kappa shape index (κ2) is 6.13. The summed E-state index contributed by atoms with van der Waals surface area (Å²) >= 11 is 0. The van der Waals surface area contributed by atoms with Crippen LogP contribution in [0.2, 0.25) is 0 Å². The largest absolute Gasteiger partial charge is 0.493 e. The van der Waals surface area contributed by atoms with Crippen molar-refractivity contribution in [3.63, 3.8) is 0 Å². The number of carboxylic acid groups (broad SMARTS) is 1. The van der Waals surface area contributed by atoms with Gasteiger partial charge in [-0.15, -0.1) is 0 Å². The van der Waals surface area contributed by atoms with Crippen LogP contribution in [0.25, 0.3) is 0 Å². The number of carboxylic acids is 1. The Kier molecular flexibility index (Phi) is 4.82. The number of hydrogen-bond acceptors (Lipinski definition) is 3. The Morgan fingerprint density at radius 2 is 2.18 bits per heavy atom. The maximum absolute atomic E-state index is 10.7. The van der Waals surface area contributed by atoms with E-state index in [4.69, 9.17) is 14.6 Å². The quantitative estimate of drug-likeness (QED) is 0.827. The van der Waals surface area contributed by atoms with Gasteiger partial charge in [-0.1, -0.05) is 19.1 Å². The number of benzene rings is 1. The fourth-order valence-electron chi connectivity index (χ4n) is 1.78. The molecule has 0 heterocycles. The average molecular weight is 238 g/mol. The topological polar surface area (TPSA) is 55.8 Å². The van der Waals surface area contributed by atoms with E-state index in [0.29, 0.717) is 18.1 Å². The van der Waals surface area contributed by atoms with Crippen LogP contribution in [-0.2, 0) is 4.79 Å². The predicted molar refractivity (Wildman–Crippen MR) is 64.8 cm³/mol. The molecule has 1 atom stereocenters. The standard InChI is InChI=1S/C13H18O4/c1-4-17-11-7-5-6-10(13(11)16-3)9(2)8-12(14)15/h5-7,9H,4,8H2,1-3H3,(H,14,15). The maximum Gasteiger partial charge on any atom is 0.303 e. The van der Waals surface area contributed by atoms with Crippen molar-refractivity contribution in [2.24, 2.45) is 0 Å². The minimum atomic E-state index is -0.818. The number of aliphatic carboxylic acids is 1. The molecule has 0 aliphatic carbocycles. The van der Waals surface area contributed by atoms with E-state index in [-0.39, 0.29) is 12.3 Å². The molecule has 4 heteroatoms. The SMILES string of the molecule is CCOc1cccc(C(C)CC(=O)O)c1OC. The summed E-state index contributed by atoms with van der Waals surface area (Å²) in [5.74, 6) is 0.358. The molecule has 0 fully saturated rings. The number of carbonyl (C=O) groups is 1. The molecule has 0 saturated heterocycles. The lowest BCUT2D eigenvalue weighted by molar-refractivity contribution is -0.137. The first-order chi connectivity index (χ1) is 8.10. The zero-order valence-corrected chi connectivity index (χ0v) is 10.4. The molecular weight excluding hydrogens is 220 g/mol. The zero-order chi connectivity index (χ0) is 12.8. The van der Waals surface area contributed by atoms with Gasteiger partial charge in [0.1, 0.15) is 0 Å². The van der Waals surface area contributed by atoms with Gasteiger partial charge in [-0.3, -0.25) is 4.79 Å². The molecule has 0 bridgehead atoms. The van der Waals surface area contributed by atoms with Crippen molar-refractivity contribution in [3.8, 4) is 11.5 Å². The molecule has 0 saturated carbocycles. The lowest BCUT2D eigenvalue weighted by Crippen LogP contribution is -2.06. The third kappa shape index (κ3) is 3.37. The fourth-order valence-corrected chi connectivity index (χ4v) is 1.78. The molecule has 1 rings (SSSR count). The van der Waals surface area contributed by atoms with Gasteiger partial charge in [-0.25, -0.2) is 0 Å². The van der Waals surface area contributed by atoms with Crippen LogP contribution >= 0.6 is 0 Å². The summed E-state index contributed by atoms with van der Waals surface area (Å²) in [6, 6.07) is 5.54. The van der Waals surface area contributed by atoms with Gasteiger partial charge < -0.3 is 14.6 Å². The van der Waals surface area contributed by atoms with E-state index < -0.39 is 5.97 Å². The van der Waals surface area contributed by atoms with Crippen molar-refractivity contribution in [2.45, 2.75) is 26.2 Å². The summed E-state index contributed by atoms with van der Waals surface area (Å²) in [4.78, 5) is 10.7. The molecule has 0 amide bonds. The number of hydrogen-bond donors (Lipinski definition) is 1. The first kappa shape index (κ1) is 13.4. The van der Waals surface area contributed by atoms with Crippen LogP contribution in [0.5, 0.6) is 11.5 Å². The molecule has 4 nitrogen and oxygen atoms in total. The zero-order valence-electron chi connectivity index (χ0n) is 10.4. The Labute approximate surface area is 101 Å². The Morgan fingerprint density at radius 1 is 1.47 bits per heavy atom. The summed E-state index contributed by atoms with van der Waals surface area (Å²) < 4.78 is 10.8. The van der Waals surface area contributed by atoms with E-state index in [1.54, 1.807) is 7.11 Å². The fraction of sp³-hybridized carbons (Fsp3) is 0.462. The molecule has 1 unspecified atom stereocenters. The van der Waals surface area contributed by atoms with Crippen molar-refractivity contribution in [1.82, 2.24) is 0 Å². The highest BCUT2D eigenvalue weighted by Gasteiger charge is 2.17. The van der Waals surface area contributed by atoms with Gasteiger partial charge in [-0.05, 0) is 18.9 Å². The van der Waals surface area contributed by atoms with Crippen molar-refractivity contribution >= 4 is 5.97 Å². The van der Waals surface area contributed by atoms with Gasteiger partial charge in [0.05, 0.1) is 20.1 Å². The molecule has 1 aromatic carbocycles. The van der Waals surface area contributed by atoms with Gasteiger partial charge >= 0.3 is 5.97 Å². The van der Waals surface area contributed by atoms with Crippen molar-refractivity contribution < 1.29 is 19.4 Å². The number of ether oxygens (including phenoxy) is 2. The Morgan fingerprint density at radius 3 is 2.71 bits per heavy atom. The van der Waals surface area contributed by atoms with Crippen LogP contribution in [0.3, 0.4) is 0 Å². The monoisotopic (exact) mass is 238 g/mol. The average Bonchev–Trinajstić information content (AvgIpc) is 2.28. The van der Waals surface area contributed by atoms with Crippen molar-refractivity contribution in [3.05, 3.63) is 23.8 Å². The number of methoxy groups -OCH3 is 1. The van der Waals surface area contributed by atoms with Gasteiger partial charge in [-0.2, -0.15) is 0 Å². The maximum atomic E-state index is 10.7. The summed E-state index contributed by atoms with van der Waals surface area (Å²) in [7, 11) is 1.56. The van der Waals surface area contributed by atoms with E-state index >= 15 is 0 Å². The lowest BCUT2D eigenvalue weighted by atomic mass is 9.96. The third-order valence-electron chi connectivity index (χ3n) is 2.53. The lowest BCUT2D eigenvalue weighted by Gasteiger charge is -2.17. The van der Waals surface area contributed by atoms with Gasteiger partial charge in [0.25, 0.3) is 0 Å². The van der Waals surface area contributed by atoms with Crippen LogP contribution in [-0.4, -0.2) is 24.8 Å². The minimum absolute atomic E-state index is 0.0753. The highest BCUT2D eigenvalue weighted by atomic mass is 16.5. The highest BCUT2D eigenvalue weighted by molar-refractivity contribution is 5.68. The van der Waals surface area contributed by atoms with E-state index in [1.165, 1.54) is 0 Å². The van der Waals surface area contributed by atoms with Crippen LogP contribution in [0, 0.1) is 0 Å². The second-order valence-electron chi connectivity index (χ2n) is 3.81. The minimum Gasteiger partial charge on any atom is -0.493 e. The Bertz CT molecular complexity index is 387. The summed E-state index contributed by atoms with van der Waals surface area (Å²) in [6.45, 7) is 4.31. The molecule has 1 aromatic rings. The van der Waals surface area contributed by atoms with Gasteiger partial charge in [0.15, 0.2) is 11.5 Å². The second-order valence-corrected chi connectivity index (χ2v) is 3.81. The summed E-state index contributed by atoms with van der Waals surface area (Å²) in [6.07, 6.45) is 0.0753.